The Labute approximate surface area is 154 Å². The van der Waals surface area contributed by atoms with E-state index in [0.29, 0.717) is 10.0 Å². The highest BCUT2D eigenvalue weighted by molar-refractivity contribution is 7.92. The van der Waals surface area contributed by atoms with Crippen molar-refractivity contribution in [2.24, 2.45) is 0 Å². The lowest BCUT2D eigenvalue weighted by Gasteiger charge is -2.09. The molecule has 11 heteroatoms. The summed E-state index contributed by atoms with van der Waals surface area (Å²) >= 11 is 11.3. The lowest BCUT2D eigenvalue weighted by Crippen LogP contribution is -2.44. The van der Waals surface area contributed by atoms with Crippen molar-refractivity contribution < 1.29 is 21.6 Å². The summed E-state index contributed by atoms with van der Waals surface area (Å²) < 4.78 is 48.2. The highest BCUT2D eigenvalue weighted by atomic mass is 35.5. The number of halogens is 2. The van der Waals surface area contributed by atoms with Crippen molar-refractivity contribution in [3.05, 3.63) is 58.6 Å². The Hall–Kier alpha value is -1.65. The molecule has 0 spiro atoms. The van der Waals surface area contributed by atoms with Gasteiger partial charge in [-0.1, -0.05) is 23.2 Å². The molecular weight excluding hydrogens is 411 g/mol. The molecule has 2 N–H and O–H groups in total. The molecule has 2 rings (SSSR count). The topological polar surface area (TPSA) is 109 Å². The maximum Gasteiger partial charge on any atom is 0.257 e. The average Bonchev–Trinajstić information content (AvgIpc) is 2.53. The van der Waals surface area contributed by atoms with E-state index >= 15 is 0 Å². The number of hydrogen-bond donors (Lipinski definition) is 2. The van der Waals surface area contributed by atoms with E-state index in [0.717, 1.165) is 0 Å². The predicted molar refractivity (Wildman–Crippen MR) is 93.4 cm³/mol. The highest BCUT2D eigenvalue weighted by Crippen LogP contribution is 2.15. The smallest absolute Gasteiger partial charge is 0.257 e. The summed E-state index contributed by atoms with van der Waals surface area (Å²) in [5, 5.41) is 0.691. The quantitative estimate of drug-likeness (QED) is 0.689. The van der Waals surface area contributed by atoms with Crippen LogP contribution in [0.3, 0.4) is 0 Å². The van der Waals surface area contributed by atoms with Gasteiger partial charge < -0.3 is 0 Å². The SMILES string of the molecule is O=C(CS(=O)(=O)c1ccc(Cl)cc1)NNS(=O)(=O)c1ccc(Cl)cc1. The third-order valence-corrected chi connectivity index (χ3v) is 6.34. The molecule has 0 bridgehead atoms. The number of amides is 1. The molecule has 25 heavy (non-hydrogen) atoms. The summed E-state index contributed by atoms with van der Waals surface area (Å²) in [5.74, 6) is -1.97. The van der Waals surface area contributed by atoms with E-state index in [1.54, 1.807) is 0 Å². The molecule has 0 unspecified atom stereocenters. The Morgan fingerprint density at radius 2 is 1.24 bits per heavy atom. The predicted octanol–water partition coefficient (Wildman–Crippen LogP) is 1.78. The maximum absolute atomic E-state index is 12.1. The molecular formula is C14H12Cl2N2O5S2. The second-order valence-corrected chi connectivity index (χ2v) is 9.37. The second-order valence-electron chi connectivity index (χ2n) is 4.82. The summed E-state index contributed by atoms with van der Waals surface area (Å²) in [6.45, 7) is 0. The minimum absolute atomic E-state index is 0.104. The number of carbonyl (C=O) groups is 1. The summed E-state index contributed by atoms with van der Waals surface area (Å²) in [4.78, 5) is 13.3. The van der Waals surface area contributed by atoms with Crippen LogP contribution in [0.4, 0.5) is 0 Å². The van der Waals surface area contributed by atoms with Crippen LogP contribution in [0.1, 0.15) is 0 Å². The lowest BCUT2D eigenvalue weighted by molar-refractivity contribution is -0.119. The number of benzene rings is 2. The van der Waals surface area contributed by atoms with Crippen molar-refractivity contribution in [1.29, 1.82) is 0 Å². The first-order valence-electron chi connectivity index (χ1n) is 6.65. The molecule has 0 saturated carbocycles. The van der Waals surface area contributed by atoms with Gasteiger partial charge in [-0.3, -0.25) is 10.2 Å². The summed E-state index contributed by atoms with van der Waals surface area (Å²) in [6.07, 6.45) is 0. The second kappa shape index (κ2) is 7.71. The largest absolute Gasteiger partial charge is 0.277 e. The van der Waals surface area contributed by atoms with Gasteiger partial charge >= 0.3 is 0 Å². The number of sulfonamides is 1. The van der Waals surface area contributed by atoms with E-state index < -0.39 is 31.5 Å². The van der Waals surface area contributed by atoms with Crippen LogP contribution >= 0.6 is 23.2 Å². The van der Waals surface area contributed by atoms with Crippen LogP contribution in [0.5, 0.6) is 0 Å². The van der Waals surface area contributed by atoms with E-state index in [9.17, 15) is 21.6 Å². The molecule has 1 amide bonds. The molecule has 0 radical (unpaired) electrons. The minimum atomic E-state index is -4.05. The first-order valence-corrected chi connectivity index (χ1v) is 10.5. The zero-order chi connectivity index (χ0) is 18.7. The van der Waals surface area contributed by atoms with Gasteiger partial charge in [0.05, 0.1) is 9.79 Å². The van der Waals surface area contributed by atoms with E-state index in [4.69, 9.17) is 23.2 Å². The van der Waals surface area contributed by atoms with E-state index in [2.05, 4.69) is 0 Å². The van der Waals surface area contributed by atoms with Crippen LogP contribution in [0.2, 0.25) is 10.0 Å². The molecule has 0 aliphatic heterocycles. The van der Waals surface area contributed by atoms with Gasteiger partial charge in [0.2, 0.25) is 0 Å². The van der Waals surface area contributed by atoms with Crippen molar-refractivity contribution in [3.63, 3.8) is 0 Å². The van der Waals surface area contributed by atoms with Gasteiger partial charge in [0, 0.05) is 10.0 Å². The van der Waals surface area contributed by atoms with Crippen LogP contribution < -0.4 is 10.3 Å². The Morgan fingerprint density at radius 1 is 0.800 bits per heavy atom. The molecule has 0 aliphatic carbocycles. The Morgan fingerprint density at radius 3 is 1.72 bits per heavy atom. The van der Waals surface area contributed by atoms with Gasteiger partial charge in [-0.15, -0.1) is 4.83 Å². The van der Waals surface area contributed by atoms with Crippen molar-refractivity contribution in [2.75, 3.05) is 5.75 Å². The van der Waals surface area contributed by atoms with Gasteiger partial charge in [-0.25, -0.2) is 16.8 Å². The van der Waals surface area contributed by atoms with E-state index in [1.165, 1.54) is 48.5 Å². The van der Waals surface area contributed by atoms with Crippen molar-refractivity contribution in [3.8, 4) is 0 Å². The maximum atomic E-state index is 12.1. The van der Waals surface area contributed by atoms with Crippen LogP contribution in [0.25, 0.3) is 0 Å². The number of rotatable bonds is 6. The third-order valence-electron chi connectivity index (χ3n) is 2.94. The fourth-order valence-electron chi connectivity index (χ4n) is 1.73. The third kappa shape index (κ3) is 5.41. The number of sulfone groups is 1. The Bertz CT molecular complexity index is 973. The zero-order valence-corrected chi connectivity index (χ0v) is 15.6. The molecule has 0 heterocycles. The van der Waals surface area contributed by atoms with Gasteiger partial charge in [-0.2, -0.15) is 0 Å². The Balaban J connectivity index is 2.02. The molecule has 2 aromatic carbocycles. The van der Waals surface area contributed by atoms with Crippen LogP contribution in [0.15, 0.2) is 58.3 Å². The first-order chi connectivity index (χ1) is 11.6. The minimum Gasteiger partial charge on any atom is -0.277 e. The lowest BCUT2D eigenvalue weighted by atomic mass is 10.4. The van der Waals surface area contributed by atoms with Gasteiger partial charge in [-0.05, 0) is 48.5 Å². The van der Waals surface area contributed by atoms with Crippen molar-refractivity contribution >= 4 is 49.0 Å². The number of hydrogen-bond acceptors (Lipinski definition) is 5. The molecule has 0 atom stereocenters. The van der Waals surface area contributed by atoms with Crippen LogP contribution in [0, 0.1) is 0 Å². The number of carbonyl (C=O) groups excluding carboxylic acids is 1. The highest BCUT2D eigenvalue weighted by Gasteiger charge is 2.21. The first kappa shape index (κ1) is 19.7. The van der Waals surface area contributed by atoms with Gasteiger partial charge in [0.15, 0.2) is 9.84 Å². The van der Waals surface area contributed by atoms with E-state index in [1.807, 2.05) is 10.3 Å². The van der Waals surface area contributed by atoms with E-state index in [-0.39, 0.29) is 9.79 Å². The summed E-state index contributed by atoms with van der Waals surface area (Å²) in [5.41, 5.74) is 1.86. The Kier molecular flexibility index (Phi) is 6.07. The van der Waals surface area contributed by atoms with Crippen molar-refractivity contribution in [1.82, 2.24) is 10.3 Å². The molecule has 2 aromatic rings. The molecule has 0 aromatic heterocycles. The molecule has 7 nitrogen and oxygen atoms in total. The zero-order valence-electron chi connectivity index (χ0n) is 12.4. The fourth-order valence-corrected chi connectivity index (χ4v) is 3.98. The molecule has 0 aliphatic rings. The number of hydrazine groups is 1. The average molecular weight is 423 g/mol. The van der Waals surface area contributed by atoms with Crippen LogP contribution in [-0.4, -0.2) is 28.5 Å². The van der Waals surface area contributed by atoms with Gasteiger partial charge in [0.1, 0.15) is 5.75 Å². The summed E-state index contributed by atoms with van der Waals surface area (Å²) in [6, 6.07) is 10.4. The van der Waals surface area contributed by atoms with Gasteiger partial charge in [0.25, 0.3) is 15.9 Å². The monoisotopic (exact) mass is 422 g/mol. The number of nitrogens with one attached hydrogen (secondary N) is 2. The van der Waals surface area contributed by atoms with Crippen LogP contribution in [-0.2, 0) is 24.7 Å². The standard InChI is InChI=1S/C14H12Cl2N2O5S2/c15-10-1-5-12(6-2-10)24(20,21)9-14(19)17-18-25(22,23)13-7-3-11(16)4-8-13/h1-8,18H,9H2,(H,17,19). The normalized spacial score (nSPS) is 11.9. The molecule has 0 saturated heterocycles. The molecule has 134 valence electrons. The summed E-state index contributed by atoms with van der Waals surface area (Å²) in [7, 11) is -7.99. The van der Waals surface area contributed by atoms with Crippen molar-refractivity contribution in [2.45, 2.75) is 9.79 Å². The molecule has 0 fully saturated rings. The fraction of sp³-hybridized carbons (Fsp3) is 0.0714.